The summed E-state index contributed by atoms with van der Waals surface area (Å²) in [5.41, 5.74) is 2.03. The molecule has 36 heavy (non-hydrogen) atoms. The van der Waals surface area contributed by atoms with Gasteiger partial charge in [0.05, 0.1) is 14.2 Å². The van der Waals surface area contributed by atoms with Crippen molar-refractivity contribution in [3.63, 3.8) is 0 Å². The van der Waals surface area contributed by atoms with Gasteiger partial charge in [-0.25, -0.2) is 0 Å². The van der Waals surface area contributed by atoms with E-state index in [4.69, 9.17) is 14.2 Å². The molecule has 3 fully saturated rings. The fourth-order valence-corrected chi connectivity index (χ4v) is 7.33. The van der Waals surface area contributed by atoms with Crippen molar-refractivity contribution in [1.29, 1.82) is 0 Å². The van der Waals surface area contributed by atoms with Crippen LogP contribution in [-0.2, 0) is 19.7 Å². The summed E-state index contributed by atoms with van der Waals surface area (Å²) in [5, 5.41) is 0. The number of fused-ring (bicyclic) bond motifs is 1. The molecular formula is C31H44O5. The molecule has 3 saturated carbocycles. The first-order chi connectivity index (χ1) is 17.0. The molecule has 0 N–H and O–H groups in total. The van der Waals surface area contributed by atoms with Crippen LogP contribution in [0.25, 0.3) is 0 Å². The Morgan fingerprint density at radius 3 is 2.36 bits per heavy atom. The van der Waals surface area contributed by atoms with E-state index < -0.39 is 5.92 Å². The van der Waals surface area contributed by atoms with Crippen molar-refractivity contribution < 1.29 is 23.8 Å². The summed E-state index contributed by atoms with van der Waals surface area (Å²) in [6.07, 6.45) is 6.59. The van der Waals surface area contributed by atoms with E-state index in [1.807, 2.05) is 6.07 Å². The van der Waals surface area contributed by atoms with E-state index in [1.54, 1.807) is 14.2 Å². The number of ether oxygens (including phenoxy) is 3. The van der Waals surface area contributed by atoms with E-state index in [2.05, 4.69) is 46.4 Å². The number of carbonyl (C=O) groups excluding carboxylic acids is 2. The maximum Gasteiger partial charge on any atom is 0.317 e. The molecule has 0 spiro atoms. The number of hydrogen-bond acceptors (Lipinski definition) is 5. The van der Waals surface area contributed by atoms with Gasteiger partial charge in [0, 0.05) is 18.4 Å². The predicted octanol–water partition coefficient (Wildman–Crippen LogP) is 6.67. The number of methoxy groups -OCH3 is 2. The van der Waals surface area contributed by atoms with Crippen molar-refractivity contribution in [1.82, 2.24) is 0 Å². The SMILES string of the molecule is C=C1CC[C@H]2[C@H](C(=O)O[C@H]3C[C@H](C)CC[C@H]3C(C)(C)c3cc(OC)cc(OC)c3)C(=O)CC[C@]2(C)C1. The zero-order valence-electron chi connectivity index (χ0n) is 23.0. The smallest absolute Gasteiger partial charge is 0.317 e. The van der Waals surface area contributed by atoms with Gasteiger partial charge in [0.25, 0.3) is 0 Å². The van der Waals surface area contributed by atoms with Crippen molar-refractivity contribution in [2.45, 2.75) is 90.6 Å². The van der Waals surface area contributed by atoms with Crippen molar-refractivity contribution in [2.24, 2.45) is 29.1 Å². The average Bonchev–Trinajstić information content (AvgIpc) is 2.83. The van der Waals surface area contributed by atoms with Crippen LogP contribution in [0.1, 0.15) is 84.6 Å². The van der Waals surface area contributed by atoms with Gasteiger partial charge < -0.3 is 14.2 Å². The van der Waals surface area contributed by atoms with Gasteiger partial charge in [0.1, 0.15) is 29.3 Å². The van der Waals surface area contributed by atoms with E-state index >= 15 is 0 Å². The van der Waals surface area contributed by atoms with Gasteiger partial charge in [-0.2, -0.15) is 0 Å². The standard InChI is InChI=1S/C31H44O5/c1-19-8-10-24(30(3,4)21-15-22(34-6)17-23(16-21)35-7)27(14-19)36-29(33)28-25-11-9-20(2)18-31(25,5)13-12-26(28)32/h15-17,19,24-25,27-28H,2,8-14,18H2,1,3-7H3/t19-,24-,25+,27+,28+,31-/m1/s1. The maximum atomic E-state index is 13.8. The maximum absolute atomic E-state index is 13.8. The summed E-state index contributed by atoms with van der Waals surface area (Å²) in [4.78, 5) is 26.9. The number of ketones is 1. The van der Waals surface area contributed by atoms with Crippen molar-refractivity contribution in [3.05, 3.63) is 35.9 Å². The quantitative estimate of drug-likeness (QED) is 0.250. The van der Waals surface area contributed by atoms with Gasteiger partial charge in [-0.3, -0.25) is 9.59 Å². The summed E-state index contributed by atoms with van der Waals surface area (Å²) in [7, 11) is 3.32. The molecule has 0 amide bonds. The number of rotatable bonds is 6. The average molecular weight is 497 g/mol. The summed E-state index contributed by atoms with van der Waals surface area (Å²) in [5.74, 6) is 1.27. The molecule has 1 aromatic rings. The summed E-state index contributed by atoms with van der Waals surface area (Å²) >= 11 is 0. The summed E-state index contributed by atoms with van der Waals surface area (Å²) < 4.78 is 17.5. The van der Waals surface area contributed by atoms with Gasteiger partial charge in [0.2, 0.25) is 0 Å². The molecule has 4 rings (SSSR count). The van der Waals surface area contributed by atoms with E-state index in [0.717, 1.165) is 62.0 Å². The third-order valence-electron chi connectivity index (χ3n) is 9.65. The van der Waals surface area contributed by atoms with Crippen LogP contribution in [0.4, 0.5) is 0 Å². The Bertz CT molecular complexity index is 988. The largest absolute Gasteiger partial charge is 0.497 e. The third-order valence-corrected chi connectivity index (χ3v) is 9.65. The van der Waals surface area contributed by atoms with E-state index in [-0.39, 0.29) is 40.5 Å². The second kappa shape index (κ2) is 10.2. The Morgan fingerprint density at radius 1 is 1.06 bits per heavy atom. The monoisotopic (exact) mass is 496 g/mol. The molecule has 0 aliphatic heterocycles. The highest BCUT2D eigenvalue weighted by Crippen LogP contribution is 2.53. The van der Waals surface area contributed by atoms with Crippen LogP contribution in [0.5, 0.6) is 11.5 Å². The Balaban J connectivity index is 1.60. The van der Waals surface area contributed by atoms with Gasteiger partial charge in [0.15, 0.2) is 0 Å². The van der Waals surface area contributed by atoms with Gasteiger partial charge >= 0.3 is 5.97 Å². The van der Waals surface area contributed by atoms with E-state index in [9.17, 15) is 9.59 Å². The molecule has 0 radical (unpaired) electrons. The van der Waals surface area contributed by atoms with Crippen molar-refractivity contribution in [3.8, 4) is 11.5 Å². The van der Waals surface area contributed by atoms with Crippen LogP contribution in [0, 0.1) is 29.1 Å². The Morgan fingerprint density at radius 2 is 1.72 bits per heavy atom. The number of carbonyl (C=O) groups is 2. The second-order valence-corrected chi connectivity index (χ2v) is 12.5. The van der Waals surface area contributed by atoms with Gasteiger partial charge in [-0.1, -0.05) is 46.3 Å². The van der Waals surface area contributed by atoms with Crippen molar-refractivity contribution in [2.75, 3.05) is 14.2 Å². The lowest BCUT2D eigenvalue weighted by Gasteiger charge is -2.49. The third kappa shape index (κ3) is 5.08. The zero-order chi connectivity index (χ0) is 26.3. The van der Waals surface area contributed by atoms with Crippen LogP contribution in [0.3, 0.4) is 0 Å². The minimum absolute atomic E-state index is 0.0391. The molecule has 0 saturated heterocycles. The molecule has 0 bridgehead atoms. The van der Waals surface area contributed by atoms with Gasteiger partial charge in [-0.05, 0) is 78.9 Å². The van der Waals surface area contributed by atoms with E-state index in [0.29, 0.717) is 12.3 Å². The molecule has 6 atom stereocenters. The number of benzene rings is 1. The van der Waals surface area contributed by atoms with Crippen LogP contribution >= 0.6 is 0 Å². The Kier molecular flexibility index (Phi) is 7.60. The number of hydrogen-bond donors (Lipinski definition) is 0. The highest BCUT2D eigenvalue weighted by Gasteiger charge is 2.52. The topological polar surface area (TPSA) is 61.8 Å². The fraction of sp³-hybridized carbons (Fsp3) is 0.677. The minimum atomic E-state index is -0.644. The molecular weight excluding hydrogens is 452 g/mol. The van der Waals surface area contributed by atoms with E-state index in [1.165, 1.54) is 5.57 Å². The van der Waals surface area contributed by atoms with Crippen molar-refractivity contribution >= 4 is 11.8 Å². The minimum Gasteiger partial charge on any atom is -0.497 e. The molecule has 0 heterocycles. The Hall–Kier alpha value is -2.30. The fourth-order valence-electron chi connectivity index (χ4n) is 7.33. The van der Waals surface area contributed by atoms with Gasteiger partial charge in [-0.15, -0.1) is 0 Å². The van der Waals surface area contributed by atoms with Crippen LogP contribution in [0.2, 0.25) is 0 Å². The highest BCUT2D eigenvalue weighted by atomic mass is 16.5. The molecule has 0 aromatic heterocycles. The first-order valence-corrected chi connectivity index (χ1v) is 13.6. The Labute approximate surface area is 217 Å². The zero-order valence-corrected chi connectivity index (χ0v) is 23.0. The summed E-state index contributed by atoms with van der Waals surface area (Å²) in [6.45, 7) is 13.1. The lowest BCUT2D eigenvalue weighted by atomic mass is 9.55. The lowest BCUT2D eigenvalue weighted by molar-refractivity contribution is -0.171. The first kappa shape index (κ1) is 26.8. The van der Waals surface area contributed by atoms with Crippen LogP contribution in [-0.4, -0.2) is 32.1 Å². The number of esters is 1. The molecule has 1 aromatic carbocycles. The first-order valence-electron chi connectivity index (χ1n) is 13.6. The molecule has 5 nitrogen and oxygen atoms in total. The highest BCUT2D eigenvalue weighted by molar-refractivity contribution is 6.00. The lowest BCUT2D eigenvalue weighted by Crippen LogP contribution is -2.50. The molecule has 0 unspecified atom stereocenters. The number of Topliss-reactive ketones (excluding diaryl/α,β-unsaturated/α-hetero) is 1. The summed E-state index contributed by atoms with van der Waals surface area (Å²) in [6, 6.07) is 6.00. The normalized spacial score (nSPS) is 33.0. The number of allylic oxidation sites excluding steroid dienone is 1. The molecule has 198 valence electrons. The predicted molar refractivity (Wildman–Crippen MR) is 141 cm³/mol. The van der Waals surface area contributed by atoms with Crippen LogP contribution in [0.15, 0.2) is 30.4 Å². The van der Waals surface area contributed by atoms with Crippen LogP contribution < -0.4 is 9.47 Å². The molecule has 3 aliphatic carbocycles. The second-order valence-electron chi connectivity index (χ2n) is 12.5. The molecule has 5 heteroatoms. The molecule has 3 aliphatic rings.